The van der Waals surface area contributed by atoms with Crippen LogP contribution in [-0.2, 0) is 0 Å². The number of nitrogens with zero attached hydrogens (tertiary/aromatic N) is 2. The van der Waals surface area contributed by atoms with Gasteiger partial charge in [-0.25, -0.2) is 0 Å². The van der Waals surface area contributed by atoms with Crippen molar-refractivity contribution in [2.45, 2.75) is 0 Å². The van der Waals surface area contributed by atoms with Gasteiger partial charge in [-0.2, -0.15) is 5.06 Å². The predicted octanol–water partition coefficient (Wildman–Crippen LogP) is -0.612. The average Bonchev–Trinajstić information content (AvgIpc) is 1.61. The third-order valence-electron chi connectivity index (χ3n) is 0.624. The fourth-order valence-electron chi connectivity index (χ4n) is 0.234. The molecule has 0 aliphatic rings. The summed E-state index contributed by atoms with van der Waals surface area (Å²) < 4.78 is 0. The summed E-state index contributed by atoms with van der Waals surface area (Å²) in [5.74, 6) is 0. The van der Waals surface area contributed by atoms with Crippen molar-refractivity contribution in [1.82, 2.24) is 10.3 Å². The Morgan fingerprint density at radius 3 is 1.75 bits per heavy atom. The van der Waals surface area contributed by atoms with Crippen LogP contribution in [0, 0.1) is 0 Å². The van der Waals surface area contributed by atoms with Gasteiger partial charge in [0.05, 0.1) is 6.54 Å². The highest BCUT2D eigenvalue weighted by Crippen LogP contribution is 1.74. The van der Waals surface area contributed by atoms with Crippen LogP contribution >= 0.6 is 0 Å². The highest BCUT2D eigenvalue weighted by Gasteiger charge is 1.94. The lowest BCUT2D eigenvalue weighted by Crippen LogP contribution is -2.26. The molecule has 0 aliphatic carbocycles. The molecular formula is C3H10N2O3. The summed E-state index contributed by atoms with van der Waals surface area (Å²) in [6.45, 7) is 0.208. The molecule has 0 aromatic heterocycles. The normalized spacial score (nSPS) is 11.2. The summed E-state index contributed by atoms with van der Waals surface area (Å²) in [7, 11) is 1.42. The first-order valence-corrected chi connectivity index (χ1v) is 2.18. The van der Waals surface area contributed by atoms with E-state index in [-0.39, 0.29) is 18.3 Å². The van der Waals surface area contributed by atoms with Crippen molar-refractivity contribution in [3.63, 3.8) is 0 Å². The standard InChI is InChI=1S/C3H10N2O3/c1-4(6)2-3-5(7)8/h6-8H,2-3H2,1H3. The van der Waals surface area contributed by atoms with E-state index in [2.05, 4.69) is 0 Å². The zero-order valence-corrected chi connectivity index (χ0v) is 4.65. The Morgan fingerprint density at radius 2 is 1.62 bits per heavy atom. The van der Waals surface area contributed by atoms with Crippen molar-refractivity contribution in [3.05, 3.63) is 0 Å². The maximum Gasteiger partial charge on any atom is 0.0663 e. The van der Waals surface area contributed by atoms with Gasteiger partial charge in [0.25, 0.3) is 0 Å². The molecule has 5 heteroatoms. The SMILES string of the molecule is CN(O)CCN(O)O. The molecular weight excluding hydrogens is 112 g/mol. The van der Waals surface area contributed by atoms with Gasteiger partial charge in [-0.05, 0) is 0 Å². The molecule has 0 aliphatic heterocycles. The Labute approximate surface area is 47.2 Å². The first-order chi connectivity index (χ1) is 3.63. The molecule has 50 valence electrons. The molecule has 0 fully saturated rings. The van der Waals surface area contributed by atoms with Crippen molar-refractivity contribution < 1.29 is 15.6 Å². The van der Waals surface area contributed by atoms with Crippen LogP contribution in [0.1, 0.15) is 0 Å². The summed E-state index contributed by atoms with van der Waals surface area (Å²) in [5, 5.41) is 25.4. The Balaban J connectivity index is 2.93. The average molecular weight is 122 g/mol. The van der Waals surface area contributed by atoms with Crippen molar-refractivity contribution in [1.29, 1.82) is 0 Å². The smallest absolute Gasteiger partial charge is 0.0663 e. The minimum Gasteiger partial charge on any atom is -0.314 e. The van der Waals surface area contributed by atoms with Crippen LogP contribution < -0.4 is 0 Å². The van der Waals surface area contributed by atoms with Crippen LogP contribution in [-0.4, -0.2) is 46.0 Å². The molecule has 0 spiro atoms. The molecule has 0 aromatic rings. The zero-order chi connectivity index (χ0) is 6.57. The van der Waals surface area contributed by atoms with Gasteiger partial charge >= 0.3 is 0 Å². The molecule has 0 amide bonds. The van der Waals surface area contributed by atoms with E-state index in [1.807, 2.05) is 0 Å². The van der Waals surface area contributed by atoms with E-state index in [0.717, 1.165) is 5.06 Å². The highest BCUT2D eigenvalue weighted by atomic mass is 16.8. The van der Waals surface area contributed by atoms with E-state index in [0.29, 0.717) is 0 Å². The van der Waals surface area contributed by atoms with Crippen LogP contribution in [0.2, 0.25) is 0 Å². The second kappa shape index (κ2) is 3.76. The van der Waals surface area contributed by atoms with Crippen molar-refractivity contribution in [2.24, 2.45) is 0 Å². The molecule has 0 rings (SSSR count). The first-order valence-electron chi connectivity index (χ1n) is 2.18. The molecule has 5 nitrogen and oxygen atoms in total. The van der Waals surface area contributed by atoms with Gasteiger partial charge in [0, 0.05) is 13.6 Å². The second-order valence-corrected chi connectivity index (χ2v) is 1.48. The lowest BCUT2D eigenvalue weighted by Gasteiger charge is -2.09. The lowest BCUT2D eigenvalue weighted by molar-refractivity contribution is -0.311. The Bertz CT molecular complexity index is 48.5. The third-order valence-corrected chi connectivity index (χ3v) is 0.624. The largest absolute Gasteiger partial charge is 0.314 e. The number of rotatable bonds is 3. The maximum absolute atomic E-state index is 8.39. The summed E-state index contributed by atoms with van der Waals surface area (Å²) >= 11 is 0. The van der Waals surface area contributed by atoms with Crippen LogP contribution in [0.25, 0.3) is 0 Å². The Hall–Kier alpha value is -0.200. The van der Waals surface area contributed by atoms with Crippen LogP contribution in [0.5, 0.6) is 0 Å². The highest BCUT2D eigenvalue weighted by molar-refractivity contribution is 4.33. The van der Waals surface area contributed by atoms with E-state index in [1.165, 1.54) is 7.05 Å². The predicted molar refractivity (Wildman–Crippen MR) is 24.7 cm³/mol. The number of likely N-dealkylation sites (N-methyl/N-ethyl adjacent to an activating group) is 1. The van der Waals surface area contributed by atoms with Gasteiger partial charge in [-0.3, -0.25) is 10.4 Å². The third kappa shape index (κ3) is 5.80. The maximum atomic E-state index is 8.39. The van der Waals surface area contributed by atoms with Crippen molar-refractivity contribution in [2.75, 3.05) is 20.1 Å². The van der Waals surface area contributed by atoms with Gasteiger partial charge in [-0.15, -0.1) is 0 Å². The Kier molecular flexibility index (Phi) is 3.67. The summed E-state index contributed by atoms with van der Waals surface area (Å²) in [6.07, 6.45) is 0. The molecule has 0 bridgehead atoms. The monoisotopic (exact) mass is 122 g/mol. The number of hydrogen-bond acceptors (Lipinski definition) is 5. The number of hydroxylamine groups is 4. The fourth-order valence-corrected chi connectivity index (χ4v) is 0.234. The second-order valence-electron chi connectivity index (χ2n) is 1.48. The molecule has 0 atom stereocenters. The van der Waals surface area contributed by atoms with Gasteiger partial charge < -0.3 is 5.21 Å². The molecule has 0 saturated carbocycles. The quantitative estimate of drug-likeness (QED) is 0.436. The van der Waals surface area contributed by atoms with Gasteiger partial charge in [0.15, 0.2) is 0 Å². The fraction of sp³-hybridized carbons (Fsp3) is 1.00. The summed E-state index contributed by atoms with van der Waals surface area (Å²) in [6, 6.07) is 0. The van der Waals surface area contributed by atoms with E-state index in [1.54, 1.807) is 0 Å². The van der Waals surface area contributed by atoms with Gasteiger partial charge in [0.2, 0.25) is 0 Å². The minimum absolute atomic E-state index is 0.00694. The Morgan fingerprint density at radius 1 is 1.12 bits per heavy atom. The first kappa shape index (κ1) is 7.80. The summed E-state index contributed by atoms with van der Waals surface area (Å²) in [5.41, 5.74) is 0. The molecule has 3 N–H and O–H groups in total. The molecule has 0 saturated heterocycles. The molecule has 8 heavy (non-hydrogen) atoms. The topological polar surface area (TPSA) is 67.2 Å². The van der Waals surface area contributed by atoms with E-state index in [4.69, 9.17) is 15.6 Å². The molecule has 0 unspecified atom stereocenters. The van der Waals surface area contributed by atoms with Gasteiger partial charge in [0.1, 0.15) is 0 Å². The summed E-state index contributed by atoms with van der Waals surface area (Å²) in [4.78, 5) is 0. The van der Waals surface area contributed by atoms with Crippen molar-refractivity contribution in [3.8, 4) is 0 Å². The van der Waals surface area contributed by atoms with E-state index < -0.39 is 0 Å². The van der Waals surface area contributed by atoms with E-state index >= 15 is 0 Å². The van der Waals surface area contributed by atoms with Gasteiger partial charge in [-0.1, -0.05) is 5.23 Å². The van der Waals surface area contributed by atoms with Crippen LogP contribution in [0.4, 0.5) is 0 Å². The molecule has 0 radical (unpaired) electrons. The van der Waals surface area contributed by atoms with Crippen LogP contribution in [0.3, 0.4) is 0 Å². The number of hydrogen-bond donors (Lipinski definition) is 3. The van der Waals surface area contributed by atoms with E-state index in [9.17, 15) is 0 Å². The molecule has 0 heterocycles. The zero-order valence-electron chi connectivity index (χ0n) is 4.65. The van der Waals surface area contributed by atoms with Crippen LogP contribution in [0.15, 0.2) is 0 Å². The van der Waals surface area contributed by atoms with Crippen molar-refractivity contribution >= 4 is 0 Å². The minimum atomic E-state index is 0.00694. The lowest BCUT2D eigenvalue weighted by atomic mass is 10.6. The molecule has 0 aromatic carbocycles.